The lowest BCUT2D eigenvalue weighted by Gasteiger charge is -2.14. The van der Waals surface area contributed by atoms with Crippen molar-refractivity contribution in [2.24, 2.45) is 0 Å². The molecule has 1 aromatic heterocycles. The second kappa shape index (κ2) is 4.86. The largest absolute Gasteiger partial charge is 0.380 e. The van der Waals surface area contributed by atoms with Gasteiger partial charge in [0.15, 0.2) is 0 Å². The number of hydrogen-bond donors (Lipinski definition) is 1. The predicted octanol–water partition coefficient (Wildman–Crippen LogP) is 2.57. The summed E-state index contributed by atoms with van der Waals surface area (Å²) in [5.41, 5.74) is 0.329. The third kappa shape index (κ3) is 2.13. The Hall–Kier alpha value is -1.75. The lowest BCUT2D eigenvalue weighted by molar-refractivity contribution is 0.199. The van der Waals surface area contributed by atoms with Crippen molar-refractivity contribution in [2.75, 3.05) is 0 Å². The van der Waals surface area contributed by atoms with Gasteiger partial charge >= 0.3 is 0 Å². The molecule has 0 radical (unpaired) electrons. The normalized spacial score (nSPS) is 12.7. The third-order valence-electron chi connectivity index (χ3n) is 2.91. The van der Waals surface area contributed by atoms with E-state index in [9.17, 15) is 13.9 Å². The molecule has 5 heteroatoms. The van der Waals surface area contributed by atoms with Crippen molar-refractivity contribution in [3.05, 3.63) is 53.1 Å². The number of aliphatic hydroxyl groups is 1. The van der Waals surface area contributed by atoms with Gasteiger partial charge in [-0.05, 0) is 25.5 Å². The van der Waals surface area contributed by atoms with E-state index in [2.05, 4.69) is 4.98 Å². The van der Waals surface area contributed by atoms with Crippen molar-refractivity contribution in [3.8, 4) is 0 Å². The molecule has 96 valence electrons. The molecule has 0 amide bonds. The maximum Gasteiger partial charge on any atom is 0.142 e. The summed E-state index contributed by atoms with van der Waals surface area (Å²) in [5, 5.41) is 10.1. The monoisotopic (exact) mass is 252 g/mol. The zero-order valence-corrected chi connectivity index (χ0v) is 10.2. The molecule has 2 aromatic rings. The number of rotatable bonds is 3. The minimum atomic E-state index is -1.20. The fourth-order valence-corrected chi connectivity index (χ4v) is 1.86. The van der Waals surface area contributed by atoms with E-state index >= 15 is 0 Å². The quantitative estimate of drug-likeness (QED) is 0.911. The van der Waals surface area contributed by atoms with Crippen LogP contribution in [0.3, 0.4) is 0 Å². The van der Waals surface area contributed by atoms with Crippen molar-refractivity contribution < 1.29 is 13.9 Å². The van der Waals surface area contributed by atoms with Crippen molar-refractivity contribution >= 4 is 0 Å². The summed E-state index contributed by atoms with van der Waals surface area (Å²) in [6.45, 7) is 4.04. The lowest BCUT2D eigenvalue weighted by Crippen LogP contribution is -2.11. The molecule has 0 fully saturated rings. The third-order valence-corrected chi connectivity index (χ3v) is 2.91. The van der Waals surface area contributed by atoms with Crippen LogP contribution in [0.2, 0.25) is 0 Å². The molecular formula is C13H14F2N2O. The van der Waals surface area contributed by atoms with E-state index in [4.69, 9.17) is 0 Å². The van der Waals surface area contributed by atoms with Crippen LogP contribution in [0.25, 0.3) is 0 Å². The summed E-state index contributed by atoms with van der Waals surface area (Å²) in [5.74, 6) is -1.04. The summed E-state index contributed by atoms with van der Waals surface area (Å²) in [6.07, 6.45) is 2.04. The van der Waals surface area contributed by atoms with Crippen molar-refractivity contribution in [1.29, 1.82) is 0 Å². The Morgan fingerprint density at radius 3 is 2.72 bits per heavy atom. The highest BCUT2D eigenvalue weighted by atomic mass is 19.1. The van der Waals surface area contributed by atoms with E-state index in [1.165, 1.54) is 19.2 Å². The maximum absolute atomic E-state index is 13.7. The summed E-state index contributed by atoms with van der Waals surface area (Å²) in [4.78, 5) is 4.01. The van der Waals surface area contributed by atoms with Crippen LogP contribution < -0.4 is 0 Å². The number of benzene rings is 1. The molecule has 1 aromatic carbocycles. The predicted molar refractivity (Wildman–Crippen MR) is 63.1 cm³/mol. The van der Waals surface area contributed by atoms with E-state index in [0.29, 0.717) is 17.9 Å². The molecule has 2 rings (SSSR count). The molecule has 18 heavy (non-hydrogen) atoms. The smallest absolute Gasteiger partial charge is 0.142 e. The summed E-state index contributed by atoms with van der Waals surface area (Å²) in [7, 11) is 0. The molecule has 0 bridgehead atoms. The zero-order chi connectivity index (χ0) is 13.3. The molecule has 1 N–H and O–H groups in total. The highest BCUT2D eigenvalue weighted by molar-refractivity contribution is 5.30. The van der Waals surface area contributed by atoms with Gasteiger partial charge in [-0.25, -0.2) is 13.8 Å². The highest BCUT2D eigenvalue weighted by Gasteiger charge is 2.20. The fraction of sp³-hybridized carbons (Fsp3) is 0.308. The molecule has 0 aliphatic heterocycles. The molecule has 1 atom stereocenters. The standard InChI is InChI=1S/C13H14F2N2O/c1-3-17-5-4-16-13(17)12(18)9-6-8(2)10(14)7-11(9)15/h4-7,12,18H,3H2,1-2H3. The minimum absolute atomic E-state index is 0.0369. The number of imidazole rings is 1. The topological polar surface area (TPSA) is 38.0 Å². The minimum Gasteiger partial charge on any atom is -0.380 e. The van der Waals surface area contributed by atoms with Gasteiger partial charge in [-0.3, -0.25) is 0 Å². The van der Waals surface area contributed by atoms with Crippen LogP contribution in [0.5, 0.6) is 0 Å². The molecule has 1 heterocycles. The molecule has 0 aliphatic rings. The number of aryl methyl sites for hydroxylation is 2. The molecule has 3 nitrogen and oxygen atoms in total. The van der Waals surface area contributed by atoms with E-state index in [1.807, 2.05) is 6.92 Å². The van der Waals surface area contributed by atoms with Gasteiger partial charge in [0, 0.05) is 30.6 Å². The van der Waals surface area contributed by atoms with E-state index in [0.717, 1.165) is 6.07 Å². The molecule has 0 aliphatic carbocycles. The number of aromatic nitrogens is 2. The van der Waals surface area contributed by atoms with Crippen LogP contribution in [-0.4, -0.2) is 14.7 Å². The van der Waals surface area contributed by atoms with Crippen molar-refractivity contribution in [3.63, 3.8) is 0 Å². The van der Waals surface area contributed by atoms with Gasteiger partial charge < -0.3 is 9.67 Å². The first-order valence-corrected chi connectivity index (χ1v) is 5.69. The van der Waals surface area contributed by atoms with Gasteiger partial charge in [-0.1, -0.05) is 0 Å². The Balaban J connectivity index is 2.46. The average molecular weight is 252 g/mol. The first kappa shape index (κ1) is 12.7. The van der Waals surface area contributed by atoms with Gasteiger partial charge in [0.1, 0.15) is 23.6 Å². The molecule has 0 saturated carbocycles. The summed E-state index contributed by atoms with van der Waals surface area (Å²) in [6, 6.07) is 2.09. The SMILES string of the molecule is CCn1ccnc1C(O)c1cc(C)c(F)cc1F. The van der Waals surface area contributed by atoms with Crippen molar-refractivity contribution in [1.82, 2.24) is 9.55 Å². The molecule has 0 saturated heterocycles. The van der Waals surface area contributed by atoms with Crippen LogP contribution in [0.4, 0.5) is 8.78 Å². The van der Waals surface area contributed by atoms with Gasteiger partial charge in [0.05, 0.1) is 0 Å². The Bertz CT molecular complexity index is 566. The Kier molecular flexibility index (Phi) is 3.43. The Morgan fingerprint density at radius 1 is 1.33 bits per heavy atom. The molecule has 0 spiro atoms. The van der Waals surface area contributed by atoms with Gasteiger partial charge in [-0.15, -0.1) is 0 Å². The lowest BCUT2D eigenvalue weighted by atomic mass is 10.0. The molecule has 1 unspecified atom stereocenters. The van der Waals surface area contributed by atoms with E-state index < -0.39 is 17.7 Å². The molecular weight excluding hydrogens is 238 g/mol. The van der Waals surface area contributed by atoms with E-state index in [1.54, 1.807) is 10.8 Å². The van der Waals surface area contributed by atoms with Gasteiger partial charge in [0.2, 0.25) is 0 Å². The number of nitrogens with zero attached hydrogens (tertiary/aromatic N) is 2. The van der Waals surface area contributed by atoms with Gasteiger partial charge in [-0.2, -0.15) is 0 Å². The zero-order valence-electron chi connectivity index (χ0n) is 10.2. The number of aliphatic hydroxyl groups excluding tert-OH is 1. The van der Waals surface area contributed by atoms with Crippen molar-refractivity contribution in [2.45, 2.75) is 26.5 Å². The first-order valence-electron chi connectivity index (χ1n) is 5.69. The number of hydrogen-bond acceptors (Lipinski definition) is 2. The Morgan fingerprint density at radius 2 is 2.06 bits per heavy atom. The average Bonchev–Trinajstić information content (AvgIpc) is 2.81. The number of halogens is 2. The first-order chi connectivity index (χ1) is 8.54. The fourth-order valence-electron chi connectivity index (χ4n) is 1.86. The Labute approximate surface area is 104 Å². The van der Waals surface area contributed by atoms with Crippen LogP contribution in [0, 0.1) is 18.6 Å². The van der Waals surface area contributed by atoms with Gasteiger partial charge in [0.25, 0.3) is 0 Å². The highest BCUT2D eigenvalue weighted by Crippen LogP contribution is 2.25. The summed E-state index contributed by atoms with van der Waals surface area (Å²) < 4.78 is 28.6. The van der Waals surface area contributed by atoms with Crippen LogP contribution >= 0.6 is 0 Å². The summed E-state index contributed by atoms with van der Waals surface area (Å²) >= 11 is 0. The van der Waals surface area contributed by atoms with Crippen LogP contribution in [0.1, 0.15) is 30.0 Å². The van der Waals surface area contributed by atoms with E-state index in [-0.39, 0.29) is 5.56 Å². The van der Waals surface area contributed by atoms with Crippen LogP contribution in [0.15, 0.2) is 24.5 Å². The second-order valence-electron chi connectivity index (χ2n) is 4.10. The van der Waals surface area contributed by atoms with Crippen LogP contribution in [-0.2, 0) is 6.54 Å². The second-order valence-corrected chi connectivity index (χ2v) is 4.10. The maximum atomic E-state index is 13.7.